The van der Waals surface area contributed by atoms with E-state index >= 15 is 0 Å². The fraction of sp³-hybridized carbons (Fsp3) is 0.250. The maximum Gasteiger partial charge on any atom is 0.267 e. The first kappa shape index (κ1) is 17.1. The highest BCUT2D eigenvalue weighted by Crippen LogP contribution is 2.28. The Labute approximate surface area is 156 Å². The largest absolute Gasteiger partial charge is 0.488 e. The van der Waals surface area contributed by atoms with E-state index < -0.39 is 11.9 Å². The Morgan fingerprint density at radius 3 is 2.59 bits per heavy atom. The quantitative estimate of drug-likeness (QED) is 0.834. The van der Waals surface area contributed by atoms with E-state index in [9.17, 15) is 9.59 Å². The summed E-state index contributed by atoms with van der Waals surface area (Å²) in [6, 6.07) is 16.4. The number of amides is 2. The third kappa shape index (κ3) is 3.48. The molecular weight excluding hydrogens is 344 g/mol. The number of nitrogens with one attached hydrogen (secondary N) is 1. The lowest BCUT2D eigenvalue weighted by Gasteiger charge is -2.20. The average molecular weight is 364 g/mol. The predicted molar refractivity (Wildman–Crippen MR) is 102 cm³/mol. The van der Waals surface area contributed by atoms with Crippen molar-refractivity contribution in [3.8, 4) is 5.75 Å². The molecule has 2 atom stereocenters. The van der Waals surface area contributed by atoms with E-state index in [0.29, 0.717) is 6.54 Å². The number of ether oxygens (including phenoxy) is 1. The molecule has 2 aromatic rings. The zero-order valence-corrected chi connectivity index (χ0v) is 14.7. The average Bonchev–Trinajstić information content (AvgIpc) is 3.31. The molecule has 4 rings (SSSR count). The summed E-state index contributed by atoms with van der Waals surface area (Å²) >= 11 is 0. The van der Waals surface area contributed by atoms with Crippen LogP contribution in [0, 0.1) is 0 Å². The van der Waals surface area contributed by atoms with E-state index in [2.05, 4.69) is 10.4 Å². The topological polar surface area (TPSA) is 97.0 Å². The molecule has 138 valence electrons. The van der Waals surface area contributed by atoms with Gasteiger partial charge in [0.25, 0.3) is 5.91 Å². The van der Waals surface area contributed by atoms with Crippen LogP contribution in [0.15, 0.2) is 59.7 Å². The Bertz CT molecular complexity index is 872. The van der Waals surface area contributed by atoms with Crippen molar-refractivity contribution in [3.63, 3.8) is 0 Å². The molecule has 27 heavy (non-hydrogen) atoms. The molecule has 0 fully saturated rings. The van der Waals surface area contributed by atoms with Gasteiger partial charge in [0, 0.05) is 12.8 Å². The zero-order chi connectivity index (χ0) is 18.8. The normalized spacial score (nSPS) is 20.6. The summed E-state index contributed by atoms with van der Waals surface area (Å²) in [6.07, 6.45) is 0.829. The van der Waals surface area contributed by atoms with Crippen molar-refractivity contribution in [1.29, 1.82) is 0 Å². The molecule has 0 unspecified atom stereocenters. The van der Waals surface area contributed by atoms with Crippen LogP contribution in [-0.2, 0) is 16.0 Å². The molecule has 2 amide bonds. The smallest absolute Gasteiger partial charge is 0.267 e. The van der Waals surface area contributed by atoms with Gasteiger partial charge in [0.05, 0.1) is 12.2 Å². The summed E-state index contributed by atoms with van der Waals surface area (Å²) < 4.78 is 5.83. The fourth-order valence-electron chi connectivity index (χ4n) is 3.36. The third-order valence-electron chi connectivity index (χ3n) is 4.73. The van der Waals surface area contributed by atoms with Crippen LogP contribution in [0.1, 0.15) is 12.0 Å². The number of benzene rings is 2. The molecule has 2 heterocycles. The van der Waals surface area contributed by atoms with Crippen molar-refractivity contribution in [2.24, 2.45) is 10.8 Å². The van der Waals surface area contributed by atoms with Gasteiger partial charge in [-0.1, -0.05) is 36.4 Å². The van der Waals surface area contributed by atoms with E-state index in [1.165, 1.54) is 5.01 Å². The summed E-state index contributed by atoms with van der Waals surface area (Å²) in [4.78, 5) is 24.3. The molecule has 2 aliphatic heterocycles. The molecule has 0 aliphatic carbocycles. The van der Waals surface area contributed by atoms with Crippen molar-refractivity contribution >= 4 is 23.2 Å². The lowest BCUT2D eigenvalue weighted by molar-refractivity contribution is -0.119. The number of nitrogens with zero attached hydrogens (tertiary/aromatic N) is 2. The second-order valence-corrected chi connectivity index (χ2v) is 6.61. The SMILES string of the molecule is NC(=O)[C@H]1CC(C(=O)NC[C@H]2Cc3ccccc3O2)=NN1c1ccccc1. The van der Waals surface area contributed by atoms with E-state index in [0.717, 1.165) is 23.4 Å². The monoisotopic (exact) mass is 364 g/mol. The number of hydrazone groups is 1. The van der Waals surface area contributed by atoms with Gasteiger partial charge in [-0.25, -0.2) is 0 Å². The molecule has 3 N–H and O–H groups in total. The van der Waals surface area contributed by atoms with Crippen LogP contribution in [0.4, 0.5) is 5.69 Å². The van der Waals surface area contributed by atoms with Gasteiger partial charge >= 0.3 is 0 Å². The standard InChI is InChI=1S/C20H20N4O3/c21-19(25)17-11-16(23-24(17)14-7-2-1-3-8-14)20(26)22-12-15-10-13-6-4-5-9-18(13)27-15/h1-9,15,17H,10-12H2,(H2,21,25)(H,22,26)/t15-,17-/m1/s1. The molecule has 7 heteroatoms. The summed E-state index contributed by atoms with van der Waals surface area (Å²) in [6.45, 7) is 0.374. The van der Waals surface area contributed by atoms with Gasteiger partial charge in [0.1, 0.15) is 23.6 Å². The van der Waals surface area contributed by atoms with E-state index in [4.69, 9.17) is 10.5 Å². The number of fused-ring (bicyclic) bond motifs is 1. The maximum atomic E-state index is 12.5. The number of hydrogen-bond acceptors (Lipinski definition) is 5. The summed E-state index contributed by atoms with van der Waals surface area (Å²) in [7, 11) is 0. The second-order valence-electron chi connectivity index (χ2n) is 6.61. The van der Waals surface area contributed by atoms with Crippen LogP contribution in [-0.4, -0.2) is 36.2 Å². The number of para-hydroxylation sites is 2. The van der Waals surface area contributed by atoms with Gasteiger partial charge in [-0.05, 0) is 23.8 Å². The van der Waals surface area contributed by atoms with Gasteiger partial charge in [-0.3, -0.25) is 14.6 Å². The van der Waals surface area contributed by atoms with Crippen molar-refractivity contribution < 1.29 is 14.3 Å². The Balaban J connectivity index is 1.41. The van der Waals surface area contributed by atoms with Gasteiger partial charge in [-0.2, -0.15) is 5.10 Å². The van der Waals surface area contributed by atoms with Crippen molar-refractivity contribution in [2.75, 3.05) is 11.6 Å². The summed E-state index contributed by atoms with van der Waals surface area (Å²) in [5.74, 6) is 0.0400. The number of nitrogens with two attached hydrogens (primary N) is 1. The molecule has 0 spiro atoms. The van der Waals surface area contributed by atoms with Crippen molar-refractivity contribution in [3.05, 3.63) is 60.2 Å². The van der Waals surface area contributed by atoms with Crippen molar-refractivity contribution in [2.45, 2.75) is 25.0 Å². The number of carbonyl (C=O) groups is 2. The van der Waals surface area contributed by atoms with Crippen LogP contribution in [0.2, 0.25) is 0 Å². The van der Waals surface area contributed by atoms with Crippen LogP contribution in [0.3, 0.4) is 0 Å². The fourth-order valence-corrected chi connectivity index (χ4v) is 3.36. The Morgan fingerprint density at radius 1 is 1.11 bits per heavy atom. The minimum atomic E-state index is -0.667. The van der Waals surface area contributed by atoms with E-state index in [1.807, 2.05) is 54.6 Å². The Hall–Kier alpha value is -3.35. The molecule has 0 saturated carbocycles. The molecule has 0 bridgehead atoms. The highest BCUT2D eigenvalue weighted by molar-refractivity contribution is 6.40. The second kappa shape index (κ2) is 7.11. The van der Waals surface area contributed by atoms with Crippen LogP contribution >= 0.6 is 0 Å². The van der Waals surface area contributed by atoms with Gasteiger partial charge in [-0.15, -0.1) is 0 Å². The number of anilines is 1. The molecule has 0 aromatic heterocycles. The molecule has 7 nitrogen and oxygen atoms in total. The molecule has 0 saturated heterocycles. The van der Waals surface area contributed by atoms with E-state index in [1.54, 1.807) is 0 Å². The molecular formula is C20H20N4O3. The lowest BCUT2D eigenvalue weighted by Crippen LogP contribution is -2.40. The maximum absolute atomic E-state index is 12.5. The Morgan fingerprint density at radius 2 is 1.85 bits per heavy atom. The highest BCUT2D eigenvalue weighted by Gasteiger charge is 2.35. The highest BCUT2D eigenvalue weighted by atomic mass is 16.5. The first-order valence-electron chi connectivity index (χ1n) is 8.85. The molecule has 0 radical (unpaired) electrons. The third-order valence-corrected chi connectivity index (χ3v) is 4.73. The first-order chi connectivity index (χ1) is 13.1. The minimum absolute atomic E-state index is 0.106. The number of carbonyl (C=O) groups excluding carboxylic acids is 2. The number of primary amides is 1. The van der Waals surface area contributed by atoms with Gasteiger partial charge < -0.3 is 15.8 Å². The first-order valence-corrected chi connectivity index (χ1v) is 8.85. The molecule has 2 aromatic carbocycles. The van der Waals surface area contributed by atoms with Gasteiger partial charge in [0.15, 0.2) is 0 Å². The van der Waals surface area contributed by atoms with Crippen LogP contribution in [0.25, 0.3) is 0 Å². The van der Waals surface area contributed by atoms with Crippen LogP contribution < -0.4 is 20.8 Å². The predicted octanol–water partition coefficient (Wildman–Crippen LogP) is 1.23. The zero-order valence-electron chi connectivity index (χ0n) is 14.7. The summed E-state index contributed by atoms with van der Waals surface area (Å²) in [5.41, 5.74) is 7.65. The van der Waals surface area contributed by atoms with Gasteiger partial charge in [0.2, 0.25) is 5.91 Å². The summed E-state index contributed by atoms with van der Waals surface area (Å²) in [5, 5.41) is 8.71. The Kier molecular flexibility index (Phi) is 4.50. The van der Waals surface area contributed by atoms with Crippen LogP contribution in [0.5, 0.6) is 5.75 Å². The number of rotatable bonds is 5. The molecule has 2 aliphatic rings. The van der Waals surface area contributed by atoms with Crippen molar-refractivity contribution in [1.82, 2.24) is 5.32 Å². The van der Waals surface area contributed by atoms with E-state index in [-0.39, 0.29) is 24.1 Å². The minimum Gasteiger partial charge on any atom is -0.488 e. The lowest BCUT2D eigenvalue weighted by atomic mass is 10.1. The number of hydrogen-bond donors (Lipinski definition) is 2.